The standard InChI is InChI=1S/C20H23FN2O2/c1-4-5-16(24)12-17(25)10-11-18-19(13(2)3)22-23-20(18)14-6-8-15(21)9-7-14/h4,6-11,13,16,24H,1,5,12H2,2-3H3,(H,22,23)/b11-10+/t16-/m0/s1. The molecule has 132 valence electrons. The Kier molecular flexibility index (Phi) is 6.42. The van der Waals surface area contributed by atoms with Crippen molar-refractivity contribution < 1.29 is 14.3 Å². The van der Waals surface area contributed by atoms with Gasteiger partial charge in [-0.1, -0.05) is 19.9 Å². The number of aliphatic hydroxyl groups is 1. The third-order valence-electron chi connectivity index (χ3n) is 3.84. The number of hydrogen-bond acceptors (Lipinski definition) is 3. The van der Waals surface area contributed by atoms with Crippen LogP contribution in [0.25, 0.3) is 17.3 Å². The van der Waals surface area contributed by atoms with Gasteiger partial charge < -0.3 is 5.11 Å². The number of rotatable bonds is 8. The van der Waals surface area contributed by atoms with Gasteiger partial charge in [0.15, 0.2) is 5.78 Å². The number of nitrogens with one attached hydrogen (secondary N) is 1. The van der Waals surface area contributed by atoms with Crippen molar-refractivity contribution in [2.45, 2.75) is 38.7 Å². The van der Waals surface area contributed by atoms with Crippen LogP contribution in [0.3, 0.4) is 0 Å². The Balaban J connectivity index is 2.30. The Labute approximate surface area is 147 Å². The molecule has 2 N–H and O–H groups in total. The average Bonchev–Trinajstić information content (AvgIpc) is 2.98. The van der Waals surface area contributed by atoms with E-state index in [2.05, 4.69) is 16.8 Å². The van der Waals surface area contributed by atoms with E-state index in [4.69, 9.17) is 0 Å². The van der Waals surface area contributed by atoms with Gasteiger partial charge in [0.1, 0.15) is 5.82 Å². The molecule has 2 aromatic rings. The summed E-state index contributed by atoms with van der Waals surface area (Å²) in [6, 6.07) is 6.07. The molecule has 1 heterocycles. The molecule has 4 nitrogen and oxygen atoms in total. The number of aliphatic hydroxyl groups excluding tert-OH is 1. The number of halogens is 1. The second kappa shape index (κ2) is 8.53. The first kappa shape index (κ1) is 18.8. The van der Waals surface area contributed by atoms with Gasteiger partial charge in [0, 0.05) is 23.2 Å². The predicted molar refractivity (Wildman–Crippen MR) is 97.5 cm³/mol. The van der Waals surface area contributed by atoms with Gasteiger partial charge in [-0.25, -0.2) is 4.39 Å². The molecular weight excluding hydrogens is 319 g/mol. The molecule has 0 fully saturated rings. The maximum Gasteiger partial charge on any atom is 0.158 e. The number of carbonyl (C=O) groups is 1. The van der Waals surface area contributed by atoms with Crippen LogP contribution in [0.15, 0.2) is 43.0 Å². The number of benzene rings is 1. The lowest BCUT2D eigenvalue weighted by atomic mass is 9.99. The van der Waals surface area contributed by atoms with E-state index < -0.39 is 6.10 Å². The Hall–Kier alpha value is -2.53. The molecule has 0 aliphatic carbocycles. The van der Waals surface area contributed by atoms with Gasteiger partial charge in [0.05, 0.1) is 11.8 Å². The van der Waals surface area contributed by atoms with Crippen LogP contribution < -0.4 is 0 Å². The Morgan fingerprint density at radius 3 is 2.64 bits per heavy atom. The highest BCUT2D eigenvalue weighted by Crippen LogP contribution is 2.29. The molecule has 0 unspecified atom stereocenters. The van der Waals surface area contributed by atoms with Crippen molar-refractivity contribution in [3.05, 3.63) is 60.1 Å². The summed E-state index contributed by atoms with van der Waals surface area (Å²) in [5, 5.41) is 17.0. The molecular formula is C20H23FN2O2. The summed E-state index contributed by atoms with van der Waals surface area (Å²) < 4.78 is 13.2. The lowest BCUT2D eigenvalue weighted by Crippen LogP contribution is -2.10. The third kappa shape index (κ3) is 4.97. The van der Waals surface area contributed by atoms with Crippen molar-refractivity contribution in [1.29, 1.82) is 0 Å². The molecule has 1 aromatic heterocycles. The topological polar surface area (TPSA) is 66.0 Å². The molecule has 25 heavy (non-hydrogen) atoms. The molecule has 5 heteroatoms. The fourth-order valence-corrected chi connectivity index (χ4v) is 2.55. The summed E-state index contributed by atoms with van der Waals surface area (Å²) >= 11 is 0. The van der Waals surface area contributed by atoms with Gasteiger partial charge in [0.25, 0.3) is 0 Å². The Morgan fingerprint density at radius 1 is 1.36 bits per heavy atom. The highest BCUT2D eigenvalue weighted by atomic mass is 19.1. The molecule has 0 aliphatic heterocycles. The lowest BCUT2D eigenvalue weighted by molar-refractivity contribution is -0.116. The van der Waals surface area contributed by atoms with Crippen molar-refractivity contribution in [1.82, 2.24) is 10.2 Å². The maximum atomic E-state index is 13.2. The van der Waals surface area contributed by atoms with Crippen molar-refractivity contribution in [3.8, 4) is 11.3 Å². The van der Waals surface area contributed by atoms with Gasteiger partial charge in [-0.3, -0.25) is 9.89 Å². The van der Waals surface area contributed by atoms with Crippen molar-refractivity contribution in [3.63, 3.8) is 0 Å². The van der Waals surface area contributed by atoms with Crippen LogP contribution in [0.1, 0.15) is 43.9 Å². The Morgan fingerprint density at radius 2 is 2.04 bits per heavy atom. The SMILES string of the molecule is C=CC[C@H](O)CC(=O)/C=C/c1c(-c2ccc(F)cc2)n[nH]c1C(C)C. The second-order valence-electron chi connectivity index (χ2n) is 6.24. The predicted octanol–water partition coefficient (Wildman–Crippen LogP) is 4.25. The van der Waals surface area contributed by atoms with Gasteiger partial charge >= 0.3 is 0 Å². The van der Waals surface area contributed by atoms with Gasteiger partial charge in [-0.05, 0) is 48.8 Å². The minimum absolute atomic E-state index is 0.0449. The van der Waals surface area contributed by atoms with Crippen LogP contribution in [0, 0.1) is 5.82 Å². The van der Waals surface area contributed by atoms with Crippen LogP contribution in [-0.4, -0.2) is 27.2 Å². The van der Waals surface area contributed by atoms with E-state index in [1.54, 1.807) is 24.3 Å². The highest BCUT2D eigenvalue weighted by Gasteiger charge is 2.16. The largest absolute Gasteiger partial charge is 0.392 e. The number of aromatic nitrogens is 2. The minimum Gasteiger partial charge on any atom is -0.392 e. The van der Waals surface area contributed by atoms with Gasteiger partial charge in [-0.15, -0.1) is 6.58 Å². The monoisotopic (exact) mass is 342 g/mol. The summed E-state index contributed by atoms with van der Waals surface area (Å²) in [4.78, 5) is 12.0. The van der Waals surface area contributed by atoms with Crippen molar-refractivity contribution in [2.24, 2.45) is 0 Å². The zero-order valence-electron chi connectivity index (χ0n) is 14.5. The van der Waals surface area contributed by atoms with Crippen LogP contribution in [0.2, 0.25) is 0 Å². The third-order valence-corrected chi connectivity index (χ3v) is 3.84. The number of carbonyl (C=O) groups excluding carboxylic acids is 1. The number of hydrogen-bond donors (Lipinski definition) is 2. The van der Waals surface area contributed by atoms with Crippen LogP contribution in [0.5, 0.6) is 0 Å². The number of nitrogens with zero attached hydrogens (tertiary/aromatic N) is 1. The fraction of sp³-hybridized carbons (Fsp3) is 0.300. The smallest absolute Gasteiger partial charge is 0.158 e. The molecule has 0 amide bonds. The minimum atomic E-state index is -0.722. The number of ketones is 1. The second-order valence-corrected chi connectivity index (χ2v) is 6.24. The molecule has 1 atom stereocenters. The van der Waals surface area contributed by atoms with E-state index in [0.717, 1.165) is 16.8 Å². The molecule has 1 aromatic carbocycles. The quantitative estimate of drug-likeness (QED) is 0.557. The summed E-state index contributed by atoms with van der Waals surface area (Å²) in [5.74, 6) is -0.301. The van der Waals surface area contributed by atoms with E-state index in [9.17, 15) is 14.3 Å². The first-order valence-electron chi connectivity index (χ1n) is 8.26. The molecule has 0 bridgehead atoms. The first-order valence-corrected chi connectivity index (χ1v) is 8.26. The zero-order chi connectivity index (χ0) is 18.4. The summed E-state index contributed by atoms with van der Waals surface area (Å²) in [5.41, 5.74) is 3.13. The van der Waals surface area contributed by atoms with E-state index in [1.165, 1.54) is 18.2 Å². The van der Waals surface area contributed by atoms with E-state index in [0.29, 0.717) is 12.1 Å². The summed E-state index contributed by atoms with van der Waals surface area (Å²) in [6.45, 7) is 7.59. The average molecular weight is 342 g/mol. The van der Waals surface area contributed by atoms with Gasteiger partial charge in [-0.2, -0.15) is 5.10 Å². The number of H-pyrrole nitrogens is 1. The molecule has 0 saturated heterocycles. The molecule has 0 radical (unpaired) electrons. The fourth-order valence-electron chi connectivity index (χ4n) is 2.55. The normalized spacial score (nSPS) is 12.7. The molecule has 2 rings (SSSR count). The molecule has 0 aliphatic rings. The number of aromatic amines is 1. The zero-order valence-corrected chi connectivity index (χ0v) is 14.5. The summed E-state index contributed by atoms with van der Waals surface area (Å²) in [6.07, 6.45) is 4.45. The van der Waals surface area contributed by atoms with E-state index >= 15 is 0 Å². The highest BCUT2D eigenvalue weighted by molar-refractivity contribution is 5.95. The number of allylic oxidation sites excluding steroid dienone is 1. The Bertz CT molecular complexity index is 761. The van der Waals surface area contributed by atoms with Crippen LogP contribution >= 0.6 is 0 Å². The molecule has 0 saturated carbocycles. The van der Waals surface area contributed by atoms with Crippen LogP contribution in [-0.2, 0) is 4.79 Å². The van der Waals surface area contributed by atoms with E-state index in [1.807, 2.05) is 13.8 Å². The molecule has 0 spiro atoms. The summed E-state index contributed by atoms with van der Waals surface area (Å²) in [7, 11) is 0. The maximum absolute atomic E-state index is 13.2. The van der Waals surface area contributed by atoms with E-state index in [-0.39, 0.29) is 23.9 Å². The first-order chi connectivity index (χ1) is 11.9. The lowest BCUT2D eigenvalue weighted by Gasteiger charge is -2.06. The van der Waals surface area contributed by atoms with Gasteiger partial charge in [0.2, 0.25) is 0 Å². The van der Waals surface area contributed by atoms with Crippen LogP contribution in [0.4, 0.5) is 4.39 Å². The van der Waals surface area contributed by atoms with Crippen molar-refractivity contribution >= 4 is 11.9 Å². The van der Waals surface area contributed by atoms with Crippen molar-refractivity contribution in [2.75, 3.05) is 0 Å².